The van der Waals surface area contributed by atoms with E-state index in [0.29, 0.717) is 23.7 Å². The second-order valence-corrected chi connectivity index (χ2v) is 12.3. The molecule has 0 amide bonds. The second kappa shape index (κ2) is 19.1. The van der Waals surface area contributed by atoms with E-state index in [-0.39, 0.29) is 50.7 Å². The molecule has 7 heteroatoms. The van der Waals surface area contributed by atoms with E-state index < -0.39 is 0 Å². The summed E-state index contributed by atoms with van der Waals surface area (Å²) in [4.78, 5) is 4.74. The summed E-state index contributed by atoms with van der Waals surface area (Å²) in [5.41, 5.74) is 13.2. The molecule has 0 saturated heterocycles. The molecule has 0 bridgehead atoms. The minimum Gasteiger partial charge on any atom is -1.00 e. The average molecular weight is 748 g/mol. The molecule has 0 atom stereocenters. The van der Waals surface area contributed by atoms with Gasteiger partial charge in [-0.05, 0) is 71.4 Å². The summed E-state index contributed by atoms with van der Waals surface area (Å²) in [7, 11) is 0. The first-order valence-electron chi connectivity index (χ1n) is 14.9. The van der Waals surface area contributed by atoms with Crippen molar-refractivity contribution in [2.45, 2.75) is 106 Å². The molecule has 0 aliphatic heterocycles. The van der Waals surface area contributed by atoms with Crippen LogP contribution >= 0.6 is 0 Å². The SMILES string of the molecule is Cc1cc(C(C)C)c(NCCNCc2ncccc2CNc2c(C(C)C)cc(C)cc2C(C)C)c(C(C)C)c1.[Br-].[Br-].[Co+2]. The normalized spacial score (nSPS) is 10.9. The number of hydrogen-bond acceptors (Lipinski definition) is 4. The van der Waals surface area contributed by atoms with Crippen molar-refractivity contribution < 1.29 is 50.7 Å². The molecule has 0 aliphatic rings. The molecule has 0 fully saturated rings. The van der Waals surface area contributed by atoms with Crippen LogP contribution < -0.4 is 49.9 Å². The molecule has 0 saturated carbocycles. The van der Waals surface area contributed by atoms with Gasteiger partial charge in [0, 0.05) is 43.8 Å². The first-order valence-corrected chi connectivity index (χ1v) is 14.9. The van der Waals surface area contributed by atoms with Crippen molar-refractivity contribution in [3.63, 3.8) is 0 Å². The van der Waals surface area contributed by atoms with Crippen LogP contribution in [-0.4, -0.2) is 18.1 Å². The molecule has 0 spiro atoms. The zero-order valence-corrected chi connectivity index (χ0v) is 31.4. The van der Waals surface area contributed by atoms with E-state index >= 15 is 0 Å². The van der Waals surface area contributed by atoms with E-state index in [1.807, 2.05) is 12.3 Å². The van der Waals surface area contributed by atoms with Gasteiger partial charge in [-0.25, -0.2) is 0 Å². The van der Waals surface area contributed by atoms with Gasteiger partial charge in [0.2, 0.25) is 0 Å². The van der Waals surface area contributed by atoms with Crippen molar-refractivity contribution in [3.05, 3.63) is 87.2 Å². The maximum atomic E-state index is 4.74. The molecule has 0 aliphatic carbocycles. The van der Waals surface area contributed by atoms with Gasteiger partial charge < -0.3 is 49.9 Å². The number of nitrogens with one attached hydrogen (secondary N) is 3. The van der Waals surface area contributed by atoms with Crippen molar-refractivity contribution >= 4 is 11.4 Å². The first-order chi connectivity index (χ1) is 18.5. The summed E-state index contributed by atoms with van der Waals surface area (Å²) < 4.78 is 0. The van der Waals surface area contributed by atoms with Gasteiger partial charge in [-0.3, -0.25) is 4.98 Å². The van der Waals surface area contributed by atoms with Crippen LogP contribution in [0.2, 0.25) is 0 Å². The summed E-state index contributed by atoms with van der Waals surface area (Å²) in [5.74, 6) is 1.91. The monoisotopic (exact) mass is 745 g/mol. The second-order valence-electron chi connectivity index (χ2n) is 12.3. The number of aromatic nitrogens is 1. The van der Waals surface area contributed by atoms with E-state index in [1.54, 1.807) is 0 Å². The van der Waals surface area contributed by atoms with E-state index in [9.17, 15) is 0 Å². The molecule has 3 rings (SSSR count). The van der Waals surface area contributed by atoms with Crippen molar-refractivity contribution in [2.75, 3.05) is 23.7 Å². The van der Waals surface area contributed by atoms with Crippen molar-refractivity contribution in [1.29, 1.82) is 0 Å². The smallest absolute Gasteiger partial charge is 1.00 e. The molecule has 1 radical (unpaired) electrons. The molecule has 1 heterocycles. The van der Waals surface area contributed by atoms with Gasteiger partial charge in [0.1, 0.15) is 0 Å². The fraction of sp³-hybridized carbons (Fsp3) is 0.514. The third kappa shape index (κ3) is 11.0. The van der Waals surface area contributed by atoms with E-state index in [1.165, 1.54) is 50.3 Å². The van der Waals surface area contributed by atoms with Crippen LogP contribution in [0.15, 0.2) is 42.6 Å². The van der Waals surface area contributed by atoms with E-state index in [0.717, 1.165) is 31.9 Å². The van der Waals surface area contributed by atoms with Gasteiger partial charge in [0.25, 0.3) is 0 Å². The topological polar surface area (TPSA) is 49.0 Å². The van der Waals surface area contributed by atoms with Gasteiger partial charge in [0.05, 0.1) is 5.69 Å². The molecule has 3 aromatic rings. The van der Waals surface area contributed by atoms with Crippen LogP contribution in [0.5, 0.6) is 0 Å². The minimum absolute atomic E-state index is 0. The third-order valence-electron chi connectivity index (χ3n) is 7.51. The van der Waals surface area contributed by atoms with Gasteiger partial charge in [-0.15, -0.1) is 0 Å². The number of benzene rings is 2. The molecule has 42 heavy (non-hydrogen) atoms. The maximum absolute atomic E-state index is 4.74. The molecule has 0 unspecified atom stereocenters. The number of anilines is 2. The standard InChI is InChI=1S/C35H52N4.2BrH.Co/c1-22(2)29-16-26(9)17-30(23(3)4)34(29)38-15-14-36-21-33-28(12-11-13-37-33)20-39-35-31(24(5)6)18-27(10)19-32(35)25(7)8;;;/h11-13,16-19,22-25,36,38-39H,14-15,20-21H2,1-10H3;2*1H;/q;;;+2/p-2. The van der Waals surface area contributed by atoms with Gasteiger partial charge in [0.15, 0.2) is 0 Å². The summed E-state index contributed by atoms with van der Waals surface area (Å²) in [5, 5.41) is 11.2. The average Bonchev–Trinajstić information content (AvgIpc) is 2.87. The Morgan fingerprint density at radius 3 is 1.48 bits per heavy atom. The minimum atomic E-state index is 0. The molecule has 4 nitrogen and oxygen atoms in total. The van der Waals surface area contributed by atoms with Crippen molar-refractivity contribution in [1.82, 2.24) is 10.3 Å². The quantitative estimate of drug-likeness (QED) is 0.236. The first kappa shape index (κ1) is 40.6. The fourth-order valence-electron chi connectivity index (χ4n) is 5.37. The van der Waals surface area contributed by atoms with Crippen LogP contribution in [0, 0.1) is 13.8 Å². The fourth-order valence-corrected chi connectivity index (χ4v) is 5.37. The van der Waals surface area contributed by atoms with E-state index in [4.69, 9.17) is 4.98 Å². The summed E-state index contributed by atoms with van der Waals surface area (Å²) >= 11 is 0. The number of hydrogen-bond donors (Lipinski definition) is 3. The summed E-state index contributed by atoms with van der Waals surface area (Å²) in [6, 6.07) is 13.6. The van der Waals surface area contributed by atoms with Crippen LogP contribution in [0.25, 0.3) is 0 Å². The Morgan fingerprint density at radius 2 is 1.05 bits per heavy atom. The third-order valence-corrected chi connectivity index (χ3v) is 7.51. The Bertz CT molecular complexity index is 1180. The number of nitrogens with zero attached hydrogens (tertiary/aromatic N) is 1. The van der Waals surface area contributed by atoms with E-state index in [2.05, 4.69) is 116 Å². The Balaban J connectivity index is 0.00000560. The number of aryl methyl sites for hydroxylation is 2. The Labute approximate surface area is 287 Å². The van der Waals surface area contributed by atoms with Crippen molar-refractivity contribution in [3.8, 4) is 0 Å². The van der Waals surface area contributed by atoms with Gasteiger partial charge in [-0.2, -0.15) is 0 Å². The molecular formula is C35H52Br2CoN4. The van der Waals surface area contributed by atoms with Gasteiger partial charge >= 0.3 is 16.8 Å². The zero-order valence-electron chi connectivity index (χ0n) is 27.2. The number of halogens is 2. The summed E-state index contributed by atoms with van der Waals surface area (Å²) in [6.07, 6.45) is 1.90. The summed E-state index contributed by atoms with van der Waals surface area (Å²) in [6.45, 7) is 25.9. The van der Waals surface area contributed by atoms with Crippen molar-refractivity contribution in [2.24, 2.45) is 0 Å². The molecular weight excluding hydrogens is 695 g/mol. The molecule has 235 valence electrons. The molecule has 2 aromatic carbocycles. The largest absolute Gasteiger partial charge is 2.00 e. The van der Waals surface area contributed by atoms with Crippen LogP contribution in [0.1, 0.15) is 124 Å². The van der Waals surface area contributed by atoms with Crippen LogP contribution in [-0.2, 0) is 29.9 Å². The molecule has 3 N–H and O–H groups in total. The Hall–Kier alpha value is -1.38. The molecule has 1 aromatic heterocycles. The van der Waals surface area contributed by atoms with Crippen LogP contribution in [0.3, 0.4) is 0 Å². The number of pyridine rings is 1. The Kier molecular flexibility index (Phi) is 18.5. The number of rotatable bonds is 13. The van der Waals surface area contributed by atoms with Crippen LogP contribution in [0.4, 0.5) is 11.4 Å². The predicted molar refractivity (Wildman–Crippen MR) is 170 cm³/mol. The maximum Gasteiger partial charge on any atom is 2.00 e. The predicted octanol–water partition coefficient (Wildman–Crippen LogP) is 3.01. The van der Waals surface area contributed by atoms with Gasteiger partial charge in [-0.1, -0.05) is 96.8 Å². The zero-order chi connectivity index (χ0) is 28.7. The Morgan fingerprint density at radius 1 is 0.619 bits per heavy atom.